The van der Waals surface area contributed by atoms with Crippen molar-refractivity contribution < 1.29 is 4.79 Å². The van der Waals surface area contributed by atoms with E-state index in [1.807, 2.05) is 13.2 Å². The second-order valence-electron chi connectivity index (χ2n) is 4.90. The van der Waals surface area contributed by atoms with Gasteiger partial charge in [-0.25, -0.2) is 0 Å². The van der Waals surface area contributed by atoms with E-state index < -0.39 is 0 Å². The Morgan fingerprint density at radius 1 is 1.67 bits per heavy atom. The number of aromatic nitrogens is 2. The second kappa shape index (κ2) is 6.00. The lowest BCUT2D eigenvalue weighted by Crippen LogP contribution is -2.31. The predicted molar refractivity (Wildman–Crippen MR) is 70.1 cm³/mol. The first kappa shape index (κ1) is 13.1. The van der Waals surface area contributed by atoms with Gasteiger partial charge in [-0.2, -0.15) is 5.10 Å². The lowest BCUT2D eigenvalue weighted by atomic mass is 10.1. The minimum atomic E-state index is 0.125. The van der Waals surface area contributed by atoms with Crippen LogP contribution in [-0.2, 0) is 24.8 Å². The zero-order valence-corrected chi connectivity index (χ0v) is 11.2. The van der Waals surface area contributed by atoms with Crippen molar-refractivity contribution in [2.45, 2.75) is 45.2 Å². The molecule has 0 saturated carbocycles. The summed E-state index contributed by atoms with van der Waals surface area (Å²) in [6.07, 6.45) is 5.76. The molecular formula is C13H22N4O. The van der Waals surface area contributed by atoms with E-state index in [1.54, 1.807) is 4.68 Å². The third kappa shape index (κ3) is 3.32. The molecule has 0 aromatic carbocycles. The smallest absolute Gasteiger partial charge is 0.221 e. The van der Waals surface area contributed by atoms with Crippen LogP contribution in [0.1, 0.15) is 37.4 Å². The van der Waals surface area contributed by atoms with Crippen molar-refractivity contribution in [2.75, 3.05) is 6.54 Å². The van der Waals surface area contributed by atoms with E-state index >= 15 is 0 Å². The molecule has 1 aliphatic heterocycles. The molecule has 1 unspecified atom stereocenters. The molecule has 1 atom stereocenters. The van der Waals surface area contributed by atoms with Crippen molar-refractivity contribution in [3.8, 4) is 0 Å². The van der Waals surface area contributed by atoms with Gasteiger partial charge in [0.15, 0.2) is 0 Å². The molecule has 0 aliphatic carbocycles. The van der Waals surface area contributed by atoms with Crippen molar-refractivity contribution in [3.05, 3.63) is 17.5 Å². The van der Waals surface area contributed by atoms with Crippen LogP contribution in [0.4, 0.5) is 0 Å². The average Bonchev–Trinajstić information content (AvgIpc) is 2.95. The SMILES string of the molecule is CCc1nn(C)cc1CNC(=O)CC1CCCN1. The lowest BCUT2D eigenvalue weighted by Gasteiger charge is -2.10. The summed E-state index contributed by atoms with van der Waals surface area (Å²) in [5, 5.41) is 10.7. The van der Waals surface area contributed by atoms with Crippen LogP contribution in [0.25, 0.3) is 0 Å². The van der Waals surface area contributed by atoms with Crippen LogP contribution in [0.15, 0.2) is 6.20 Å². The highest BCUT2D eigenvalue weighted by atomic mass is 16.1. The molecule has 18 heavy (non-hydrogen) atoms. The fourth-order valence-corrected chi connectivity index (χ4v) is 2.45. The summed E-state index contributed by atoms with van der Waals surface area (Å²) < 4.78 is 1.80. The Morgan fingerprint density at radius 3 is 3.17 bits per heavy atom. The minimum absolute atomic E-state index is 0.125. The van der Waals surface area contributed by atoms with Crippen molar-refractivity contribution in [2.24, 2.45) is 7.05 Å². The molecule has 0 spiro atoms. The fraction of sp³-hybridized carbons (Fsp3) is 0.692. The molecule has 1 saturated heterocycles. The number of carbonyl (C=O) groups excluding carboxylic acids is 1. The number of nitrogens with one attached hydrogen (secondary N) is 2. The predicted octanol–water partition coefficient (Wildman–Crippen LogP) is 0.741. The summed E-state index contributed by atoms with van der Waals surface area (Å²) in [6, 6.07) is 0.365. The average molecular weight is 250 g/mol. The molecule has 1 amide bonds. The maximum Gasteiger partial charge on any atom is 0.221 e. The maximum atomic E-state index is 11.8. The van der Waals surface area contributed by atoms with Crippen LogP contribution in [-0.4, -0.2) is 28.3 Å². The minimum Gasteiger partial charge on any atom is -0.352 e. The number of amides is 1. The van der Waals surface area contributed by atoms with Crippen molar-refractivity contribution in [3.63, 3.8) is 0 Å². The zero-order valence-electron chi connectivity index (χ0n) is 11.2. The standard InChI is InChI=1S/C13H22N4O/c1-3-12-10(9-17(2)16-12)8-15-13(18)7-11-5-4-6-14-11/h9,11,14H,3-8H2,1-2H3,(H,15,18). The van der Waals surface area contributed by atoms with Crippen molar-refractivity contribution in [1.82, 2.24) is 20.4 Å². The van der Waals surface area contributed by atoms with E-state index in [0.29, 0.717) is 19.0 Å². The number of carbonyl (C=O) groups is 1. The fourth-order valence-electron chi connectivity index (χ4n) is 2.45. The number of hydrogen-bond acceptors (Lipinski definition) is 3. The van der Waals surface area contributed by atoms with Gasteiger partial charge in [0.2, 0.25) is 5.91 Å². The summed E-state index contributed by atoms with van der Waals surface area (Å²) in [6.45, 7) is 3.71. The molecular weight excluding hydrogens is 228 g/mol. The van der Waals surface area contributed by atoms with Crippen LogP contribution in [0.5, 0.6) is 0 Å². The largest absolute Gasteiger partial charge is 0.352 e. The Hall–Kier alpha value is -1.36. The van der Waals surface area contributed by atoms with E-state index in [2.05, 4.69) is 22.7 Å². The van der Waals surface area contributed by atoms with Gasteiger partial charge in [0.1, 0.15) is 0 Å². The highest BCUT2D eigenvalue weighted by Gasteiger charge is 2.17. The van der Waals surface area contributed by atoms with Crippen LogP contribution in [0.3, 0.4) is 0 Å². The Morgan fingerprint density at radius 2 is 2.50 bits per heavy atom. The highest BCUT2D eigenvalue weighted by molar-refractivity contribution is 5.76. The first-order valence-corrected chi connectivity index (χ1v) is 6.70. The molecule has 1 aliphatic rings. The lowest BCUT2D eigenvalue weighted by molar-refractivity contribution is -0.121. The van der Waals surface area contributed by atoms with E-state index in [1.165, 1.54) is 6.42 Å². The van der Waals surface area contributed by atoms with Crippen molar-refractivity contribution in [1.29, 1.82) is 0 Å². The molecule has 2 rings (SSSR count). The molecule has 2 N–H and O–H groups in total. The van der Waals surface area contributed by atoms with Gasteiger partial charge in [-0.15, -0.1) is 0 Å². The third-order valence-electron chi connectivity index (χ3n) is 3.40. The molecule has 2 heterocycles. The quantitative estimate of drug-likeness (QED) is 0.810. The van der Waals surface area contributed by atoms with Crippen LogP contribution >= 0.6 is 0 Å². The van der Waals surface area contributed by atoms with Gasteiger partial charge in [-0.3, -0.25) is 9.48 Å². The van der Waals surface area contributed by atoms with Crippen LogP contribution in [0.2, 0.25) is 0 Å². The Bertz CT molecular complexity index is 407. The van der Waals surface area contributed by atoms with Crippen molar-refractivity contribution >= 4 is 5.91 Å². The Balaban J connectivity index is 1.81. The maximum absolute atomic E-state index is 11.8. The normalized spacial score (nSPS) is 19.1. The molecule has 1 fully saturated rings. The van der Waals surface area contributed by atoms with E-state index in [9.17, 15) is 4.79 Å². The molecule has 1 aromatic heterocycles. The number of nitrogens with zero attached hydrogens (tertiary/aromatic N) is 2. The molecule has 100 valence electrons. The third-order valence-corrected chi connectivity index (χ3v) is 3.40. The van der Waals surface area contributed by atoms with E-state index in [4.69, 9.17) is 0 Å². The Labute approximate surface area is 108 Å². The highest BCUT2D eigenvalue weighted by Crippen LogP contribution is 2.09. The summed E-state index contributed by atoms with van der Waals surface area (Å²) in [7, 11) is 1.91. The first-order chi connectivity index (χ1) is 8.69. The van der Waals surface area contributed by atoms with E-state index in [-0.39, 0.29) is 5.91 Å². The monoisotopic (exact) mass is 250 g/mol. The van der Waals surface area contributed by atoms with Gasteiger partial charge in [0.25, 0.3) is 0 Å². The number of hydrogen-bond donors (Lipinski definition) is 2. The van der Waals surface area contributed by atoms with Gasteiger partial charge in [0.05, 0.1) is 5.69 Å². The van der Waals surface area contributed by atoms with Crippen LogP contribution < -0.4 is 10.6 Å². The topological polar surface area (TPSA) is 59.0 Å². The summed E-state index contributed by atoms with van der Waals surface area (Å²) in [5.41, 5.74) is 2.18. The summed E-state index contributed by atoms with van der Waals surface area (Å²) >= 11 is 0. The number of aryl methyl sites for hydroxylation is 2. The van der Waals surface area contributed by atoms with Gasteiger partial charge in [-0.1, -0.05) is 6.92 Å². The number of rotatable bonds is 5. The van der Waals surface area contributed by atoms with Crippen LogP contribution in [0, 0.1) is 0 Å². The van der Waals surface area contributed by atoms with Gasteiger partial charge in [-0.05, 0) is 25.8 Å². The van der Waals surface area contributed by atoms with Gasteiger partial charge in [0, 0.05) is 37.8 Å². The second-order valence-corrected chi connectivity index (χ2v) is 4.90. The molecule has 5 nitrogen and oxygen atoms in total. The molecule has 0 bridgehead atoms. The molecule has 0 radical (unpaired) electrons. The molecule has 1 aromatic rings. The van der Waals surface area contributed by atoms with E-state index in [0.717, 1.165) is 30.6 Å². The summed E-state index contributed by atoms with van der Waals surface area (Å²) in [5.74, 6) is 0.125. The first-order valence-electron chi connectivity index (χ1n) is 6.70. The molecule has 5 heteroatoms. The zero-order chi connectivity index (χ0) is 13.0. The van der Waals surface area contributed by atoms with Gasteiger partial charge >= 0.3 is 0 Å². The Kier molecular flexibility index (Phi) is 4.36. The summed E-state index contributed by atoms with van der Waals surface area (Å²) in [4.78, 5) is 11.8. The van der Waals surface area contributed by atoms with Gasteiger partial charge < -0.3 is 10.6 Å².